The van der Waals surface area contributed by atoms with Crippen molar-refractivity contribution in [2.45, 2.75) is 46.1 Å². The number of oxime groups is 1. The first kappa shape index (κ1) is 22.8. The van der Waals surface area contributed by atoms with Gasteiger partial charge in [-0.1, -0.05) is 12.1 Å². The molecule has 1 saturated heterocycles. The minimum absolute atomic E-state index is 0.0430. The number of rotatable bonds is 7. The second-order valence-corrected chi connectivity index (χ2v) is 8.49. The van der Waals surface area contributed by atoms with Crippen molar-refractivity contribution in [3.05, 3.63) is 53.6 Å². The van der Waals surface area contributed by atoms with Crippen LogP contribution in [-0.4, -0.2) is 51.6 Å². The van der Waals surface area contributed by atoms with Crippen LogP contribution in [0.3, 0.4) is 0 Å². The summed E-state index contributed by atoms with van der Waals surface area (Å²) in [7, 11) is 0. The Labute approximate surface area is 203 Å². The van der Waals surface area contributed by atoms with E-state index in [2.05, 4.69) is 36.9 Å². The molecule has 35 heavy (non-hydrogen) atoms. The first-order chi connectivity index (χ1) is 17.1. The van der Waals surface area contributed by atoms with E-state index >= 15 is 0 Å². The van der Waals surface area contributed by atoms with E-state index < -0.39 is 0 Å². The largest absolute Gasteiger partial charge is 0.474 e. The number of anilines is 1. The predicted octanol–water partition coefficient (Wildman–Crippen LogP) is 3.72. The van der Waals surface area contributed by atoms with Gasteiger partial charge in [-0.15, -0.1) is 0 Å². The lowest BCUT2D eigenvalue weighted by atomic mass is 10.1. The van der Waals surface area contributed by atoms with Gasteiger partial charge in [0.25, 0.3) is 5.88 Å². The molecule has 4 heterocycles. The molecule has 3 aromatic rings. The van der Waals surface area contributed by atoms with Gasteiger partial charge in [0.05, 0.1) is 11.3 Å². The van der Waals surface area contributed by atoms with E-state index in [0.29, 0.717) is 28.8 Å². The van der Waals surface area contributed by atoms with Gasteiger partial charge in [0, 0.05) is 43.9 Å². The van der Waals surface area contributed by atoms with E-state index in [0.717, 1.165) is 55.2 Å². The van der Waals surface area contributed by atoms with Crippen molar-refractivity contribution in [1.29, 1.82) is 0 Å². The number of hydrogen-bond acceptors (Lipinski definition) is 10. The molecular weight excluding hydrogens is 448 g/mol. The maximum absolute atomic E-state index is 6.21. The normalized spacial score (nSPS) is 15.9. The Bertz CT molecular complexity index is 1210. The number of ether oxygens (including phenoxy) is 3. The summed E-state index contributed by atoms with van der Waals surface area (Å²) >= 11 is 0. The Hall–Kier alpha value is -3.95. The summed E-state index contributed by atoms with van der Waals surface area (Å²) in [4.78, 5) is 25.4. The highest BCUT2D eigenvalue weighted by atomic mass is 16.7. The Balaban J connectivity index is 1.20. The highest BCUT2D eigenvalue weighted by Crippen LogP contribution is 2.33. The monoisotopic (exact) mass is 476 g/mol. The van der Waals surface area contributed by atoms with Crippen LogP contribution in [0.1, 0.15) is 43.4 Å². The molecule has 0 aliphatic carbocycles. The molecule has 0 atom stereocenters. The standard InChI is InChI=1S/C25H28N6O4/c1-4-18-12-26-25(27-13-18)31-9-7-20(8-10-31)34-23-16(2)24(29-14-28-23)35-30-17(3)19-5-6-21-22(11-19)33-15-32-21/h5-6,11-14,20H,4,7-10,15H2,1-3H3. The van der Waals surface area contributed by atoms with E-state index in [4.69, 9.17) is 19.0 Å². The van der Waals surface area contributed by atoms with Crippen molar-refractivity contribution in [2.75, 3.05) is 24.8 Å². The third kappa shape index (κ3) is 5.11. The van der Waals surface area contributed by atoms with Crippen molar-refractivity contribution < 1.29 is 19.0 Å². The van der Waals surface area contributed by atoms with Gasteiger partial charge in [-0.25, -0.2) is 15.0 Å². The maximum atomic E-state index is 6.21. The summed E-state index contributed by atoms with van der Waals surface area (Å²) in [5.41, 5.74) is 3.40. The van der Waals surface area contributed by atoms with E-state index in [9.17, 15) is 0 Å². The van der Waals surface area contributed by atoms with Gasteiger partial charge in [0.15, 0.2) is 11.5 Å². The van der Waals surface area contributed by atoms with Gasteiger partial charge in [-0.3, -0.25) is 0 Å². The number of aromatic nitrogens is 4. The molecule has 2 aromatic heterocycles. The van der Waals surface area contributed by atoms with Gasteiger partial charge < -0.3 is 23.9 Å². The zero-order chi connectivity index (χ0) is 24.2. The van der Waals surface area contributed by atoms with Crippen LogP contribution in [0.2, 0.25) is 0 Å². The Morgan fingerprint density at radius 3 is 2.57 bits per heavy atom. The molecule has 182 valence electrons. The van der Waals surface area contributed by atoms with Crippen molar-refractivity contribution in [3.63, 3.8) is 0 Å². The van der Waals surface area contributed by atoms with E-state index in [1.54, 1.807) is 0 Å². The topological polar surface area (TPSA) is 104 Å². The van der Waals surface area contributed by atoms with Crippen LogP contribution in [0.4, 0.5) is 5.95 Å². The SMILES string of the molecule is CCc1cnc(N2CCC(Oc3ncnc(ON=C(C)c4ccc5c(c4)OCO5)c3C)CC2)nc1. The average molecular weight is 477 g/mol. The molecule has 0 radical (unpaired) electrons. The molecule has 0 bridgehead atoms. The molecule has 10 heteroatoms. The lowest BCUT2D eigenvalue weighted by Crippen LogP contribution is -2.39. The number of nitrogens with zero attached hydrogens (tertiary/aromatic N) is 6. The van der Waals surface area contributed by atoms with Gasteiger partial charge in [-0.05, 0) is 44.0 Å². The zero-order valence-electron chi connectivity index (χ0n) is 20.1. The molecule has 1 fully saturated rings. The summed E-state index contributed by atoms with van der Waals surface area (Å²) in [6.07, 6.45) is 7.90. The van der Waals surface area contributed by atoms with Crippen molar-refractivity contribution in [1.82, 2.24) is 19.9 Å². The number of aryl methyl sites for hydroxylation is 1. The first-order valence-electron chi connectivity index (χ1n) is 11.8. The van der Waals surface area contributed by atoms with Gasteiger partial charge in [0.1, 0.15) is 12.4 Å². The average Bonchev–Trinajstić information content (AvgIpc) is 3.37. The summed E-state index contributed by atoms with van der Waals surface area (Å²) in [5.74, 6) is 3.06. The van der Waals surface area contributed by atoms with Gasteiger partial charge >= 0.3 is 0 Å². The minimum Gasteiger partial charge on any atom is -0.474 e. The lowest BCUT2D eigenvalue weighted by molar-refractivity contribution is 0.160. The number of fused-ring (bicyclic) bond motifs is 1. The van der Waals surface area contributed by atoms with Crippen LogP contribution < -0.4 is 23.9 Å². The molecular formula is C25H28N6O4. The Morgan fingerprint density at radius 2 is 1.80 bits per heavy atom. The molecule has 0 spiro atoms. The second kappa shape index (κ2) is 10.1. The third-order valence-electron chi connectivity index (χ3n) is 6.15. The van der Waals surface area contributed by atoms with Gasteiger partial charge in [0.2, 0.25) is 18.6 Å². The van der Waals surface area contributed by atoms with Crippen LogP contribution in [0.5, 0.6) is 23.3 Å². The highest BCUT2D eigenvalue weighted by Gasteiger charge is 2.24. The van der Waals surface area contributed by atoms with Crippen LogP contribution in [0, 0.1) is 6.92 Å². The van der Waals surface area contributed by atoms with E-state index in [-0.39, 0.29) is 12.9 Å². The minimum atomic E-state index is 0.0430. The quantitative estimate of drug-likeness (QED) is 0.373. The Morgan fingerprint density at radius 1 is 1.06 bits per heavy atom. The summed E-state index contributed by atoms with van der Waals surface area (Å²) in [5, 5.41) is 4.25. The molecule has 5 rings (SSSR count). The van der Waals surface area contributed by atoms with Crippen molar-refractivity contribution >= 4 is 11.7 Å². The van der Waals surface area contributed by atoms with Crippen LogP contribution in [-0.2, 0) is 6.42 Å². The number of piperidine rings is 1. The van der Waals surface area contributed by atoms with Gasteiger partial charge in [-0.2, -0.15) is 4.98 Å². The molecule has 0 saturated carbocycles. The summed E-state index contributed by atoms with van der Waals surface area (Å²) < 4.78 is 17.0. The zero-order valence-corrected chi connectivity index (χ0v) is 20.1. The molecule has 2 aliphatic heterocycles. The fourth-order valence-corrected chi connectivity index (χ4v) is 3.94. The van der Waals surface area contributed by atoms with Crippen molar-refractivity contribution in [3.8, 4) is 23.3 Å². The molecule has 2 aliphatic rings. The van der Waals surface area contributed by atoms with E-state index in [1.807, 2.05) is 44.4 Å². The first-order valence-corrected chi connectivity index (χ1v) is 11.8. The molecule has 1 aromatic carbocycles. The fourth-order valence-electron chi connectivity index (χ4n) is 3.94. The fraction of sp³-hybridized carbons (Fsp3) is 0.400. The molecule has 0 amide bonds. The number of hydrogen-bond donors (Lipinski definition) is 0. The Kier molecular flexibility index (Phi) is 6.60. The van der Waals surface area contributed by atoms with Crippen molar-refractivity contribution in [2.24, 2.45) is 5.16 Å². The maximum Gasteiger partial charge on any atom is 0.258 e. The second-order valence-electron chi connectivity index (χ2n) is 8.49. The van der Waals surface area contributed by atoms with Crippen LogP contribution >= 0.6 is 0 Å². The summed E-state index contributed by atoms with van der Waals surface area (Å²) in [6.45, 7) is 7.70. The molecule has 10 nitrogen and oxygen atoms in total. The molecule has 0 unspecified atom stereocenters. The highest BCUT2D eigenvalue weighted by molar-refractivity contribution is 5.99. The predicted molar refractivity (Wildman–Crippen MR) is 129 cm³/mol. The van der Waals surface area contributed by atoms with Crippen LogP contribution in [0.25, 0.3) is 0 Å². The van der Waals surface area contributed by atoms with E-state index in [1.165, 1.54) is 6.33 Å². The molecule has 0 N–H and O–H groups in total. The third-order valence-corrected chi connectivity index (χ3v) is 6.15. The number of benzene rings is 1. The smallest absolute Gasteiger partial charge is 0.258 e. The lowest BCUT2D eigenvalue weighted by Gasteiger charge is -2.32. The summed E-state index contributed by atoms with van der Waals surface area (Å²) in [6, 6.07) is 5.64. The van der Waals surface area contributed by atoms with Crippen LogP contribution in [0.15, 0.2) is 42.1 Å².